The molecule has 2 N–H and O–H groups in total. The monoisotopic (exact) mass is 237 g/mol. The molecule has 0 radical (unpaired) electrons. The van der Waals surface area contributed by atoms with Crippen LogP contribution in [0.3, 0.4) is 0 Å². The lowest BCUT2D eigenvalue weighted by atomic mass is 9.97. The van der Waals surface area contributed by atoms with Crippen LogP contribution in [0.1, 0.15) is 30.1 Å². The Balaban J connectivity index is 2.22. The Bertz CT molecular complexity index is 406. The molecule has 1 amide bonds. The van der Waals surface area contributed by atoms with Gasteiger partial charge in [0.15, 0.2) is 0 Å². The number of fused-ring (bicyclic) bond motifs is 1. The van der Waals surface area contributed by atoms with E-state index in [1.807, 2.05) is 18.2 Å². The summed E-state index contributed by atoms with van der Waals surface area (Å²) in [6.45, 7) is 0. The van der Waals surface area contributed by atoms with Crippen molar-refractivity contribution < 1.29 is 9.90 Å². The molecule has 1 aromatic carbocycles. The molecule has 0 spiro atoms. The Morgan fingerprint density at radius 2 is 2.25 bits per heavy atom. The molecule has 16 heavy (non-hydrogen) atoms. The van der Waals surface area contributed by atoms with Crippen molar-refractivity contribution in [3.8, 4) is 0 Å². The molecule has 4 heteroatoms. The zero-order valence-corrected chi connectivity index (χ0v) is 9.83. The summed E-state index contributed by atoms with van der Waals surface area (Å²) < 4.78 is 0. The minimum atomic E-state index is -0.458. The van der Waals surface area contributed by atoms with Crippen LogP contribution in [0, 0.1) is 0 Å². The molecule has 1 aromatic rings. The zero-order valence-electron chi connectivity index (χ0n) is 8.94. The maximum atomic E-state index is 11.2. The van der Waals surface area contributed by atoms with Crippen LogP contribution in [0.4, 0.5) is 5.69 Å². The van der Waals surface area contributed by atoms with Gasteiger partial charge in [0.25, 0.3) is 0 Å². The van der Waals surface area contributed by atoms with E-state index in [2.05, 4.69) is 17.9 Å². The number of nitrogens with one attached hydrogen (secondary N) is 1. The van der Waals surface area contributed by atoms with E-state index in [1.165, 1.54) is 0 Å². The second kappa shape index (κ2) is 4.89. The smallest absolute Gasteiger partial charge is 0.224 e. The average Bonchev–Trinajstić information content (AvgIpc) is 2.28. The number of aliphatic hydroxyl groups is 1. The molecule has 0 bridgehead atoms. The molecule has 1 unspecified atom stereocenters. The van der Waals surface area contributed by atoms with Gasteiger partial charge in [0.1, 0.15) is 0 Å². The summed E-state index contributed by atoms with van der Waals surface area (Å²) in [6, 6.07) is 5.70. The lowest BCUT2D eigenvalue weighted by Gasteiger charge is -2.19. The van der Waals surface area contributed by atoms with Gasteiger partial charge in [-0.1, -0.05) is 12.1 Å². The van der Waals surface area contributed by atoms with E-state index < -0.39 is 6.10 Å². The molecule has 1 aliphatic rings. The molecule has 3 nitrogen and oxygen atoms in total. The maximum absolute atomic E-state index is 11.2. The highest BCUT2D eigenvalue weighted by Gasteiger charge is 2.16. The number of amides is 1. The van der Waals surface area contributed by atoms with E-state index in [0.717, 1.165) is 23.2 Å². The number of aryl methyl sites for hydroxylation is 1. The molecule has 0 fully saturated rings. The molecule has 0 saturated heterocycles. The fourth-order valence-corrected chi connectivity index (χ4v) is 2.14. The number of hydrogen-bond donors (Lipinski definition) is 3. The van der Waals surface area contributed by atoms with E-state index in [1.54, 1.807) is 0 Å². The second-order valence-electron chi connectivity index (χ2n) is 3.99. The van der Waals surface area contributed by atoms with Gasteiger partial charge in [-0.15, -0.1) is 0 Å². The first-order valence-corrected chi connectivity index (χ1v) is 6.05. The van der Waals surface area contributed by atoms with Gasteiger partial charge in [-0.05, 0) is 35.8 Å². The number of carbonyl (C=O) groups excluding carboxylic acids is 1. The SMILES string of the molecule is O=C1CCc2cc(C(O)CCS)ccc2N1. The van der Waals surface area contributed by atoms with Crippen LogP contribution < -0.4 is 5.32 Å². The Labute approximate surface area is 100 Å². The summed E-state index contributed by atoms with van der Waals surface area (Å²) in [7, 11) is 0. The lowest BCUT2D eigenvalue weighted by Crippen LogP contribution is -2.19. The number of carbonyl (C=O) groups is 1. The van der Waals surface area contributed by atoms with Crippen LogP contribution in [-0.2, 0) is 11.2 Å². The second-order valence-corrected chi connectivity index (χ2v) is 4.44. The van der Waals surface area contributed by atoms with Crippen molar-refractivity contribution in [1.82, 2.24) is 0 Å². The number of rotatable bonds is 3. The Kier molecular flexibility index (Phi) is 3.51. The number of anilines is 1. The van der Waals surface area contributed by atoms with Crippen molar-refractivity contribution in [2.24, 2.45) is 0 Å². The zero-order chi connectivity index (χ0) is 11.5. The first-order valence-electron chi connectivity index (χ1n) is 5.42. The number of benzene rings is 1. The quantitative estimate of drug-likeness (QED) is 0.703. The predicted octanol–water partition coefficient (Wildman–Crippen LogP) is 1.92. The van der Waals surface area contributed by atoms with Crippen LogP contribution in [0.15, 0.2) is 18.2 Å². The van der Waals surface area contributed by atoms with Crippen LogP contribution in [-0.4, -0.2) is 16.8 Å². The average molecular weight is 237 g/mol. The minimum Gasteiger partial charge on any atom is -0.388 e. The van der Waals surface area contributed by atoms with Crippen molar-refractivity contribution in [1.29, 1.82) is 0 Å². The van der Waals surface area contributed by atoms with Gasteiger partial charge >= 0.3 is 0 Å². The van der Waals surface area contributed by atoms with E-state index in [-0.39, 0.29) is 5.91 Å². The highest BCUT2D eigenvalue weighted by Crippen LogP contribution is 2.27. The van der Waals surface area contributed by atoms with E-state index >= 15 is 0 Å². The molecule has 0 saturated carbocycles. The van der Waals surface area contributed by atoms with E-state index in [4.69, 9.17) is 0 Å². The maximum Gasteiger partial charge on any atom is 0.224 e. The van der Waals surface area contributed by atoms with E-state index in [9.17, 15) is 9.90 Å². The third kappa shape index (κ3) is 2.39. The normalized spacial score (nSPS) is 16.5. The first kappa shape index (κ1) is 11.5. The van der Waals surface area contributed by atoms with Crippen molar-refractivity contribution in [2.45, 2.75) is 25.4 Å². The largest absolute Gasteiger partial charge is 0.388 e. The summed E-state index contributed by atoms with van der Waals surface area (Å²) >= 11 is 4.10. The third-order valence-corrected chi connectivity index (χ3v) is 3.07. The van der Waals surface area contributed by atoms with Crippen LogP contribution in [0.2, 0.25) is 0 Å². The molecule has 1 aliphatic heterocycles. The van der Waals surface area contributed by atoms with Crippen molar-refractivity contribution in [3.63, 3.8) is 0 Å². The van der Waals surface area contributed by atoms with E-state index in [0.29, 0.717) is 18.6 Å². The Morgan fingerprint density at radius 3 is 3.00 bits per heavy atom. The fraction of sp³-hybridized carbons (Fsp3) is 0.417. The Hall–Kier alpha value is -1.00. The molecule has 86 valence electrons. The minimum absolute atomic E-state index is 0.0659. The van der Waals surface area contributed by atoms with Crippen molar-refractivity contribution in [3.05, 3.63) is 29.3 Å². The number of aliphatic hydroxyl groups excluding tert-OH is 1. The van der Waals surface area contributed by atoms with Gasteiger partial charge in [0, 0.05) is 12.1 Å². The molecule has 2 rings (SSSR count). The first-order chi connectivity index (χ1) is 7.70. The van der Waals surface area contributed by atoms with Crippen LogP contribution in [0.5, 0.6) is 0 Å². The summed E-state index contributed by atoms with van der Waals surface area (Å²) in [4.78, 5) is 11.2. The summed E-state index contributed by atoms with van der Waals surface area (Å²) in [6.07, 6.45) is 1.47. The van der Waals surface area contributed by atoms with Crippen molar-refractivity contribution >= 4 is 24.2 Å². The van der Waals surface area contributed by atoms with Gasteiger partial charge < -0.3 is 10.4 Å². The Morgan fingerprint density at radius 1 is 1.44 bits per heavy atom. The molecule has 0 aromatic heterocycles. The van der Waals surface area contributed by atoms with Gasteiger partial charge in [-0.3, -0.25) is 4.79 Å². The highest BCUT2D eigenvalue weighted by molar-refractivity contribution is 7.80. The highest BCUT2D eigenvalue weighted by atomic mass is 32.1. The summed E-state index contributed by atoms with van der Waals surface area (Å²) in [5.74, 6) is 0.728. The van der Waals surface area contributed by atoms with Gasteiger partial charge in [-0.25, -0.2) is 0 Å². The lowest BCUT2D eigenvalue weighted by molar-refractivity contribution is -0.116. The molecular formula is C12H15NO2S. The standard InChI is InChI=1S/C12H15NO2S/c14-11(5-6-16)9-1-3-10-8(7-9)2-4-12(15)13-10/h1,3,7,11,14,16H,2,4-6H2,(H,13,15). The topological polar surface area (TPSA) is 49.3 Å². The van der Waals surface area contributed by atoms with Gasteiger partial charge in [-0.2, -0.15) is 12.6 Å². The number of hydrogen-bond acceptors (Lipinski definition) is 3. The fourth-order valence-electron chi connectivity index (χ4n) is 1.90. The molecule has 1 atom stereocenters. The number of thiol groups is 1. The molecule has 0 aliphatic carbocycles. The van der Waals surface area contributed by atoms with Gasteiger partial charge in [0.05, 0.1) is 6.10 Å². The summed E-state index contributed by atoms with van der Waals surface area (Å²) in [5.41, 5.74) is 2.89. The molecular weight excluding hydrogens is 222 g/mol. The molecule has 1 heterocycles. The summed E-state index contributed by atoms with van der Waals surface area (Å²) in [5, 5.41) is 12.7. The predicted molar refractivity (Wildman–Crippen MR) is 66.8 cm³/mol. The van der Waals surface area contributed by atoms with Gasteiger partial charge in [0.2, 0.25) is 5.91 Å². The van der Waals surface area contributed by atoms with Crippen molar-refractivity contribution in [2.75, 3.05) is 11.1 Å². The van der Waals surface area contributed by atoms with Crippen LogP contribution in [0.25, 0.3) is 0 Å². The van der Waals surface area contributed by atoms with Crippen LogP contribution >= 0.6 is 12.6 Å². The third-order valence-electron chi connectivity index (χ3n) is 2.81.